The third-order valence-electron chi connectivity index (χ3n) is 3.73. The first-order chi connectivity index (χ1) is 9.54. The lowest BCUT2D eigenvalue weighted by Gasteiger charge is -2.31. The van der Waals surface area contributed by atoms with Gasteiger partial charge in [-0.1, -0.05) is 13.8 Å². The van der Waals surface area contributed by atoms with Gasteiger partial charge in [0.25, 0.3) is 0 Å². The van der Waals surface area contributed by atoms with Crippen molar-refractivity contribution in [2.24, 2.45) is 5.92 Å². The predicted octanol–water partition coefficient (Wildman–Crippen LogP) is 1.01. The molecule has 1 aromatic carbocycles. The molecule has 0 aliphatic carbocycles. The highest BCUT2D eigenvalue weighted by Gasteiger charge is 2.16. The smallest absolute Gasteiger partial charge is 0.224 e. The van der Waals surface area contributed by atoms with Crippen LogP contribution in [0.2, 0.25) is 0 Å². The Morgan fingerprint density at radius 3 is 2.40 bits per heavy atom. The molecule has 1 aliphatic rings. The van der Waals surface area contributed by atoms with Gasteiger partial charge < -0.3 is 15.1 Å². The number of carbonyl (C=O) groups is 1. The minimum atomic E-state index is 0.0935. The van der Waals surface area contributed by atoms with Crippen LogP contribution in [0.5, 0.6) is 0 Å². The molecule has 20 heavy (non-hydrogen) atoms. The van der Waals surface area contributed by atoms with Crippen molar-refractivity contribution in [1.29, 1.82) is 0 Å². The molecular weight excluding hydrogens is 250 g/mol. The summed E-state index contributed by atoms with van der Waals surface area (Å²) in [5, 5.41) is 2.95. The van der Waals surface area contributed by atoms with Crippen LogP contribution in [0.4, 0.5) is 11.4 Å². The summed E-state index contributed by atoms with van der Waals surface area (Å²) in [5.41, 5.74) is 2.14. The number of rotatable bonds is 4. The number of quaternary nitrogens is 1. The Morgan fingerprint density at radius 1 is 1.25 bits per heavy atom. The average molecular weight is 276 g/mol. The summed E-state index contributed by atoms with van der Waals surface area (Å²) >= 11 is 0. The molecule has 4 nitrogen and oxygen atoms in total. The van der Waals surface area contributed by atoms with Crippen LogP contribution in [0, 0.1) is 5.92 Å². The first-order valence-corrected chi connectivity index (χ1v) is 7.51. The molecule has 0 radical (unpaired) electrons. The van der Waals surface area contributed by atoms with E-state index in [1.54, 1.807) is 4.90 Å². The van der Waals surface area contributed by atoms with E-state index in [1.807, 2.05) is 12.1 Å². The predicted molar refractivity (Wildman–Crippen MR) is 83.4 cm³/mol. The third kappa shape index (κ3) is 4.23. The van der Waals surface area contributed by atoms with Crippen molar-refractivity contribution in [3.63, 3.8) is 0 Å². The van der Waals surface area contributed by atoms with Crippen LogP contribution in [-0.4, -0.2) is 39.1 Å². The molecule has 1 saturated heterocycles. The van der Waals surface area contributed by atoms with Crippen LogP contribution in [0.1, 0.15) is 20.3 Å². The highest BCUT2D eigenvalue weighted by atomic mass is 16.1. The molecular formula is C16H26N3O+. The number of piperazine rings is 1. The number of amides is 1. The van der Waals surface area contributed by atoms with Gasteiger partial charge in [-0.05, 0) is 30.2 Å². The van der Waals surface area contributed by atoms with E-state index in [9.17, 15) is 4.79 Å². The van der Waals surface area contributed by atoms with Crippen LogP contribution in [0.15, 0.2) is 24.3 Å². The summed E-state index contributed by atoms with van der Waals surface area (Å²) in [6, 6.07) is 8.20. The van der Waals surface area contributed by atoms with Crippen molar-refractivity contribution < 1.29 is 9.69 Å². The summed E-state index contributed by atoms with van der Waals surface area (Å²) in [7, 11) is 2.24. The van der Waals surface area contributed by atoms with Crippen molar-refractivity contribution >= 4 is 17.3 Å². The standard InChI is InChI=1S/C16H25N3O/c1-13(2)12-16(20)17-14-4-6-15(7-5-14)19-10-8-18(3)9-11-19/h4-7,13H,8-12H2,1-3H3,(H,17,20)/p+1. The van der Waals surface area contributed by atoms with Gasteiger partial charge >= 0.3 is 0 Å². The highest BCUT2D eigenvalue weighted by molar-refractivity contribution is 5.90. The Labute approximate surface area is 121 Å². The maximum Gasteiger partial charge on any atom is 0.224 e. The van der Waals surface area contributed by atoms with Crippen LogP contribution < -0.4 is 15.1 Å². The normalized spacial score (nSPS) is 16.5. The number of benzene rings is 1. The van der Waals surface area contributed by atoms with E-state index in [1.165, 1.54) is 18.8 Å². The fourth-order valence-corrected chi connectivity index (χ4v) is 2.49. The zero-order valence-corrected chi connectivity index (χ0v) is 12.8. The first kappa shape index (κ1) is 14.9. The number of carbonyl (C=O) groups excluding carboxylic acids is 1. The van der Waals surface area contributed by atoms with Gasteiger partial charge in [0.15, 0.2) is 0 Å². The van der Waals surface area contributed by atoms with Gasteiger partial charge in [-0.15, -0.1) is 0 Å². The minimum absolute atomic E-state index is 0.0935. The molecule has 110 valence electrons. The summed E-state index contributed by atoms with van der Waals surface area (Å²) in [6.45, 7) is 8.69. The summed E-state index contributed by atoms with van der Waals surface area (Å²) in [4.78, 5) is 15.7. The lowest BCUT2D eigenvalue weighted by molar-refractivity contribution is -0.880. The van der Waals surface area contributed by atoms with E-state index in [2.05, 4.69) is 43.2 Å². The lowest BCUT2D eigenvalue weighted by atomic mass is 10.1. The lowest BCUT2D eigenvalue weighted by Crippen LogP contribution is -3.12. The third-order valence-corrected chi connectivity index (χ3v) is 3.73. The van der Waals surface area contributed by atoms with Crippen molar-refractivity contribution in [3.05, 3.63) is 24.3 Å². The molecule has 0 atom stereocenters. The number of anilines is 2. The van der Waals surface area contributed by atoms with E-state index < -0.39 is 0 Å². The summed E-state index contributed by atoms with van der Waals surface area (Å²) in [6.07, 6.45) is 0.572. The van der Waals surface area contributed by atoms with Crippen LogP contribution in [-0.2, 0) is 4.79 Å². The molecule has 2 N–H and O–H groups in total. The van der Waals surface area contributed by atoms with Gasteiger partial charge in [0.05, 0.1) is 33.2 Å². The molecule has 0 saturated carbocycles. The minimum Gasteiger partial charge on any atom is -0.360 e. The second-order valence-electron chi connectivity index (χ2n) is 6.14. The van der Waals surface area contributed by atoms with Gasteiger partial charge in [-0.25, -0.2) is 0 Å². The first-order valence-electron chi connectivity index (χ1n) is 7.51. The molecule has 4 heteroatoms. The van der Waals surface area contributed by atoms with Gasteiger partial charge in [-0.2, -0.15) is 0 Å². The average Bonchev–Trinajstić information content (AvgIpc) is 2.39. The zero-order chi connectivity index (χ0) is 14.5. The number of nitrogens with one attached hydrogen (secondary N) is 2. The van der Waals surface area contributed by atoms with E-state index in [4.69, 9.17) is 0 Å². The van der Waals surface area contributed by atoms with E-state index >= 15 is 0 Å². The number of hydrogen-bond donors (Lipinski definition) is 2. The molecule has 2 rings (SSSR count). The second kappa shape index (κ2) is 6.75. The Kier molecular flexibility index (Phi) is 5.01. The molecule has 0 unspecified atom stereocenters. The SMILES string of the molecule is CC(C)CC(=O)Nc1ccc(N2CC[NH+](C)CC2)cc1. The van der Waals surface area contributed by atoms with Gasteiger partial charge in [0, 0.05) is 17.8 Å². The van der Waals surface area contributed by atoms with Crippen molar-refractivity contribution in [3.8, 4) is 0 Å². The van der Waals surface area contributed by atoms with Crippen LogP contribution >= 0.6 is 0 Å². The quantitative estimate of drug-likeness (QED) is 0.861. The van der Waals surface area contributed by atoms with Gasteiger partial charge in [0.2, 0.25) is 5.91 Å². The van der Waals surface area contributed by atoms with Crippen molar-refractivity contribution in [1.82, 2.24) is 0 Å². The number of hydrogen-bond acceptors (Lipinski definition) is 2. The van der Waals surface area contributed by atoms with Crippen LogP contribution in [0.25, 0.3) is 0 Å². The number of nitrogens with zero attached hydrogens (tertiary/aromatic N) is 1. The highest BCUT2D eigenvalue weighted by Crippen LogP contribution is 2.18. The fourth-order valence-electron chi connectivity index (χ4n) is 2.49. The van der Waals surface area contributed by atoms with E-state index in [0.717, 1.165) is 18.8 Å². The Bertz CT molecular complexity index is 434. The van der Waals surface area contributed by atoms with E-state index in [-0.39, 0.29) is 5.91 Å². The monoisotopic (exact) mass is 276 g/mol. The molecule has 1 amide bonds. The van der Waals surface area contributed by atoms with Gasteiger partial charge in [0.1, 0.15) is 0 Å². The van der Waals surface area contributed by atoms with Gasteiger partial charge in [-0.3, -0.25) is 4.79 Å². The molecule has 0 bridgehead atoms. The molecule has 1 heterocycles. The largest absolute Gasteiger partial charge is 0.360 e. The fraction of sp³-hybridized carbons (Fsp3) is 0.562. The summed E-state index contributed by atoms with van der Waals surface area (Å²) in [5.74, 6) is 0.484. The molecule has 1 fully saturated rings. The Morgan fingerprint density at radius 2 is 1.85 bits per heavy atom. The second-order valence-corrected chi connectivity index (χ2v) is 6.14. The molecule has 0 aromatic heterocycles. The maximum absolute atomic E-state index is 11.7. The van der Waals surface area contributed by atoms with Crippen molar-refractivity contribution in [2.75, 3.05) is 43.4 Å². The zero-order valence-electron chi connectivity index (χ0n) is 12.8. The van der Waals surface area contributed by atoms with Crippen molar-refractivity contribution in [2.45, 2.75) is 20.3 Å². The number of likely N-dealkylation sites (N-methyl/N-ethyl adjacent to an activating group) is 1. The topological polar surface area (TPSA) is 36.8 Å². The maximum atomic E-state index is 11.7. The summed E-state index contributed by atoms with van der Waals surface area (Å²) < 4.78 is 0. The molecule has 0 spiro atoms. The Balaban J connectivity index is 1.91. The van der Waals surface area contributed by atoms with Crippen LogP contribution in [0.3, 0.4) is 0 Å². The molecule has 1 aliphatic heterocycles. The molecule has 1 aromatic rings. The van der Waals surface area contributed by atoms with E-state index in [0.29, 0.717) is 12.3 Å². The Hall–Kier alpha value is -1.55.